The fourth-order valence-electron chi connectivity index (χ4n) is 5.01. The zero-order valence-corrected chi connectivity index (χ0v) is 24.0. The molecule has 1 aliphatic rings. The largest absolute Gasteiger partial charge is 0.384 e. The van der Waals surface area contributed by atoms with Gasteiger partial charge in [-0.25, -0.2) is 0 Å². The van der Waals surface area contributed by atoms with E-state index in [1.54, 1.807) is 38.4 Å². The molecule has 0 saturated heterocycles. The predicted octanol–water partition coefficient (Wildman–Crippen LogP) is -0.0939. The van der Waals surface area contributed by atoms with Gasteiger partial charge in [-0.1, -0.05) is 56.4 Å². The van der Waals surface area contributed by atoms with Crippen LogP contribution < -0.4 is 33.2 Å². The lowest BCUT2D eigenvalue weighted by molar-refractivity contribution is -0.142. The van der Waals surface area contributed by atoms with Gasteiger partial charge in [0.1, 0.15) is 23.8 Å². The monoisotopic (exact) mass is 571 g/mol. The molecule has 4 amide bonds. The molecule has 1 fully saturated rings. The summed E-state index contributed by atoms with van der Waals surface area (Å²) in [5, 5.41) is 23.0. The minimum atomic E-state index is -1.10. The number of nitrogens with zero attached hydrogens (tertiary/aromatic N) is 1. The standard InChI is InChI=1S/C28H45N9O4/c1-37(2)27(41)20(15-18-10-12-19(13-11-18)23(29)30)25(39)36-22(16-17-7-4-3-5-8-17)26(40)35-21(24(31)38)9-6-14-34-28(32)33/h10-13,17,20-22H,3-9,14-16H2,1-2H3,(H3,29,30)(H2,31,38)(H,35,40)(H,36,39)(H4,32,33,34)/t20?,21-,22?/m0/s1. The summed E-state index contributed by atoms with van der Waals surface area (Å²) in [4.78, 5) is 53.6. The van der Waals surface area contributed by atoms with Crippen LogP contribution in [0.2, 0.25) is 0 Å². The Hall–Kier alpha value is -4.16. The van der Waals surface area contributed by atoms with Crippen molar-refractivity contribution >= 4 is 35.4 Å². The highest BCUT2D eigenvalue weighted by molar-refractivity contribution is 6.02. The van der Waals surface area contributed by atoms with E-state index < -0.39 is 41.6 Å². The van der Waals surface area contributed by atoms with E-state index in [9.17, 15) is 19.2 Å². The van der Waals surface area contributed by atoms with Gasteiger partial charge in [0.15, 0.2) is 5.96 Å². The first-order valence-corrected chi connectivity index (χ1v) is 14.0. The second kappa shape index (κ2) is 16.2. The maximum absolute atomic E-state index is 13.6. The highest BCUT2D eigenvalue weighted by atomic mass is 16.2. The first-order valence-electron chi connectivity index (χ1n) is 14.0. The van der Waals surface area contributed by atoms with E-state index in [0.29, 0.717) is 30.5 Å². The Kier molecular flexibility index (Phi) is 13.0. The molecule has 13 nitrogen and oxygen atoms in total. The average molecular weight is 572 g/mol. The third-order valence-electron chi connectivity index (χ3n) is 7.33. The number of amidine groups is 1. The third kappa shape index (κ3) is 11.1. The van der Waals surface area contributed by atoms with Crippen molar-refractivity contribution in [1.82, 2.24) is 20.9 Å². The fourth-order valence-corrected chi connectivity index (χ4v) is 5.01. The second-order valence-corrected chi connectivity index (χ2v) is 10.8. The van der Waals surface area contributed by atoms with Crippen LogP contribution in [0.5, 0.6) is 0 Å². The summed E-state index contributed by atoms with van der Waals surface area (Å²) in [6.45, 7) is 0.332. The van der Waals surface area contributed by atoms with E-state index in [1.807, 2.05) is 0 Å². The summed E-state index contributed by atoms with van der Waals surface area (Å²) in [6, 6.07) is 4.81. The summed E-state index contributed by atoms with van der Waals surface area (Å²) < 4.78 is 0. The Bertz CT molecular complexity index is 1080. The molecule has 0 radical (unpaired) electrons. The second-order valence-electron chi connectivity index (χ2n) is 10.8. The lowest BCUT2D eigenvalue weighted by atomic mass is 9.84. The van der Waals surface area contributed by atoms with Crippen LogP contribution in [0.25, 0.3) is 0 Å². The molecule has 226 valence electrons. The van der Waals surface area contributed by atoms with Gasteiger partial charge in [0, 0.05) is 26.2 Å². The van der Waals surface area contributed by atoms with Gasteiger partial charge in [-0.15, -0.1) is 0 Å². The van der Waals surface area contributed by atoms with Crippen molar-refractivity contribution in [2.24, 2.45) is 29.0 Å². The Labute approximate surface area is 241 Å². The van der Waals surface area contributed by atoms with E-state index >= 15 is 0 Å². The van der Waals surface area contributed by atoms with Crippen molar-refractivity contribution < 1.29 is 19.2 Å². The van der Waals surface area contributed by atoms with Crippen LogP contribution in [0.1, 0.15) is 62.5 Å². The summed E-state index contributed by atoms with van der Waals surface area (Å²) in [6.07, 6.45) is 6.18. The molecular weight excluding hydrogens is 526 g/mol. The van der Waals surface area contributed by atoms with Gasteiger partial charge in [0.2, 0.25) is 23.6 Å². The van der Waals surface area contributed by atoms with Crippen molar-refractivity contribution in [2.75, 3.05) is 20.6 Å². The molecular formula is C28H45N9O4. The molecule has 2 unspecified atom stereocenters. The van der Waals surface area contributed by atoms with Crippen LogP contribution in [0.15, 0.2) is 24.3 Å². The number of hydrogen-bond acceptors (Lipinski definition) is 6. The maximum Gasteiger partial charge on any atom is 0.243 e. The molecule has 0 bridgehead atoms. The number of rotatable bonds is 15. The van der Waals surface area contributed by atoms with Crippen LogP contribution >= 0.6 is 0 Å². The van der Waals surface area contributed by atoms with Crippen molar-refractivity contribution in [3.8, 4) is 0 Å². The number of carbonyl (C=O) groups excluding carboxylic acids is 4. The minimum Gasteiger partial charge on any atom is -0.384 e. The minimum absolute atomic E-state index is 0.0869. The maximum atomic E-state index is 13.6. The number of nitrogen functional groups attached to an aromatic ring is 1. The van der Waals surface area contributed by atoms with E-state index in [-0.39, 0.29) is 30.6 Å². The van der Waals surface area contributed by atoms with Crippen molar-refractivity contribution in [3.05, 3.63) is 35.4 Å². The summed E-state index contributed by atoms with van der Waals surface area (Å²) in [5.41, 5.74) is 17.6. The number of amides is 4. The normalized spacial score (nSPS) is 15.6. The van der Waals surface area contributed by atoms with Gasteiger partial charge in [-0.05, 0) is 37.2 Å². The van der Waals surface area contributed by atoms with Gasteiger partial charge < -0.3 is 38.1 Å². The van der Waals surface area contributed by atoms with Gasteiger partial charge in [-0.2, -0.15) is 0 Å². The molecule has 1 aromatic rings. The van der Waals surface area contributed by atoms with Gasteiger partial charge in [0.25, 0.3) is 0 Å². The topological polar surface area (TPSA) is 233 Å². The number of primary amides is 1. The number of nitrogens with one attached hydrogen (secondary N) is 5. The first-order chi connectivity index (χ1) is 19.4. The van der Waals surface area contributed by atoms with Gasteiger partial charge >= 0.3 is 0 Å². The molecule has 11 N–H and O–H groups in total. The van der Waals surface area contributed by atoms with Crippen LogP contribution in [0.3, 0.4) is 0 Å². The quantitative estimate of drug-likeness (QED) is 0.0616. The lowest BCUT2D eigenvalue weighted by Crippen LogP contribution is -2.55. The zero-order valence-electron chi connectivity index (χ0n) is 24.0. The van der Waals surface area contributed by atoms with E-state index in [2.05, 4.69) is 16.0 Å². The molecule has 13 heteroatoms. The Morgan fingerprint density at radius 1 is 0.927 bits per heavy atom. The summed E-state index contributed by atoms with van der Waals surface area (Å²) in [7, 11) is 3.12. The Morgan fingerprint density at radius 3 is 2.07 bits per heavy atom. The summed E-state index contributed by atoms with van der Waals surface area (Å²) in [5.74, 6) is -3.41. The highest BCUT2D eigenvalue weighted by Crippen LogP contribution is 2.27. The summed E-state index contributed by atoms with van der Waals surface area (Å²) >= 11 is 0. The Balaban J connectivity index is 2.22. The highest BCUT2D eigenvalue weighted by Gasteiger charge is 2.34. The average Bonchev–Trinajstić information content (AvgIpc) is 2.92. The van der Waals surface area contributed by atoms with Crippen molar-refractivity contribution in [2.45, 2.75) is 69.9 Å². The number of carbonyl (C=O) groups is 4. The smallest absolute Gasteiger partial charge is 0.243 e. The molecule has 2 rings (SSSR count). The fraction of sp³-hybridized carbons (Fsp3) is 0.571. The van der Waals surface area contributed by atoms with Crippen LogP contribution in [0.4, 0.5) is 0 Å². The molecule has 0 aliphatic heterocycles. The van der Waals surface area contributed by atoms with Gasteiger partial charge in [-0.3, -0.25) is 30.0 Å². The predicted molar refractivity (Wildman–Crippen MR) is 157 cm³/mol. The number of guanidine groups is 1. The van der Waals surface area contributed by atoms with E-state index in [4.69, 9.17) is 28.0 Å². The molecule has 3 atom stereocenters. The zero-order chi connectivity index (χ0) is 30.5. The SMILES string of the molecule is CN(C)C(=O)C(Cc1ccc(C(=N)N)cc1)C(=O)NC(CC1CCCCC1)C(=O)N[C@@H](CCCNC(=N)N)C(N)=O. The molecule has 41 heavy (non-hydrogen) atoms. The van der Waals surface area contributed by atoms with Crippen LogP contribution in [0, 0.1) is 22.7 Å². The molecule has 1 saturated carbocycles. The molecule has 1 aliphatic carbocycles. The third-order valence-corrected chi connectivity index (χ3v) is 7.33. The van der Waals surface area contributed by atoms with Gasteiger partial charge in [0.05, 0.1) is 0 Å². The number of nitrogens with two attached hydrogens (primary N) is 3. The van der Waals surface area contributed by atoms with Crippen molar-refractivity contribution in [1.29, 1.82) is 10.8 Å². The van der Waals surface area contributed by atoms with Crippen LogP contribution in [-0.4, -0.2) is 73.0 Å². The Morgan fingerprint density at radius 2 is 1.54 bits per heavy atom. The molecule has 1 aromatic carbocycles. The molecule has 0 spiro atoms. The van der Waals surface area contributed by atoms with Crippen molar-refractivity contribution in [3.63, 3.8) is 0 Å². The van der Waals surface area contributed by atoms with Crippen LogP contribution in [-0.2, 0) is 25.6 Å². The van der Waals surface area contributed by atoms with E-state index in [0.717, 1.165) is 32.1 Å². The molecule has 0 heterocycles. The first kappa shape index (κ1) is 33.0. The molecule has 0 aromatic heterocycles. The van der Waals surface area contributed by atoms with E-state index in [1.165, 1.54) is 4.90 Å². The number of benzene rings is 1. The lowest BCUT2D eigenvalue weighted by Gasteiger charge is -2.29. The number of hydrogen-bond donors (Lipinski definition) is 8.